The predicted molar refractivity (Wildman–Crippen MR) is 122 cm³/mol. The lowest BCUT2D eigenvalue weighted by molar-refractivity contribution is -0.129. The molecule has 0 aromatic heterocycles. The molecule has 4 saturated carbocycles. The summed E-state index contributed by atoms with van der Waals surface area (Å²) in [6.07, 6.45) is 16.7. The zero-order valence-corrected chi connectivity index (χ0v) is 20.3. The van der Waals surface area contributed by atoms with E-state index in [2.05, 4.69) is 48.5 Å². The third kappa shape index (κ3) is 3.41. The first kappa shape index (κ1) is 21.2. The molecule has 4 rings (SSSR count). The van der Waals surface area contributed by atoms with Gasteiger partial charge < -0.3 is 0 Å². The minimum Gasteiger partial charge on any atom is -0.0628 e. The van der Waals surface area contributed by atoms with Crippen LogP contribution < -0.4 is 0 Å². The van der Waals surface area contributed by atoms with Gasteiger partial charge in [-0.15, -0.1) is 0 Å². The molecule has 162 valence electrons. The quantitative estimate of drug-likeness (QED) is 0.453. The van der Waals surface area contributed by atoms with Gasteiger partial charge in [0.2, 0.25) is 0 Å². The average Bonchev–Trinajstić information content (AvgIpc) is 2.97. The zero-order valence-electron chi connectivity index (χ0n) is 20.3. The molecule has 0 bridgehead atoms. The van der Waals surface area contributed by atoms with Crippen molar-refractivity contribution in [3.8, 4) is 0 Å². The molecule has 0 nitrogen and oxygen atoms in total. The van der Waals surface area contributed by atoms with E-state index in [1.54, 1.807) is 32.1 Å². The molecule has 0 heteroatoms. The van der Waals surface area contributed by atoms with Gasteiger partial charge in [0.15, 0.2) is 0 Å². The third-order valence-electron chi connectivity index (χ3n) is 11.2. The lowest BCUT2D eigenvalue weighted by Crippen LogP contribution is -2.54. The van der Waals surface area contributed by atoms with Crippen LogP contribution >= 0.6 is 0 Å². The molecule has 0 radical (unpaired) electrons. The second-order valence-electron chi connectivity index (χ2n) is 13.7. The molecule has 0 aromatic carbocycles. The van der Waals surface area contributed by atoms with Crippen LogP contribution in [0, 0.1) is 57.7 Å². The molecule has 0 heterocycles. The number of rotatable bonds is 4. The first-order chi connectivity index (χ1) is 13.1. The van der Waals surface area contributed by atoms with Gasteiger partial charge in [0.05, 0.1) is 0 Å². The van der Waals surface area contributed by atoms with Crippen LogP contribution in [0.2, 0.25) is 0 Å². The zero-order chi connectivity index (χ0) is 20.3. The number of hydrogen-bond acceptors (Lipinski definition) is 0. The van der Waals surface area contributed by atoms with E-state index in [1.165, 1.54) is 38.5 Å². The molecule has 4 aliphatic rings. The molecule has 0 N–H and O–H groups in total. The Balaban J connectivity index is 1.50. The predicted octanol–water partition coefficient (Wildman–Crippen LogP) is 8.74. The fourth-order valence-electron chi connectivity index (χ4n) is 9.41. The van der Waals surface area contributed by atoms with Gasteiger partial charge >= 0.3 is 0 Å². The Morgan fingerprint density at radius 2 is 1.43 bits per heavy atom. The van der Waals surface area contributed by atoms with Crippen LogP contribution in [0.25, 0.3) is 0 Å². The third-order valence-corrected chi connectivity index (χ3v) is 11.2. The molecule has 0 aromatic rings. The van der Waals surface area contributed by atoms with E-state index in [0.717, 1.165) is 41.4 Å². The lowest BCUT2D eigenvalue weighted by atomic mass is 9.43. The van der Waals surface area contributed by atoms with Gasteiger partial charge in [0.25, 0.3) is 0 Å². The van der Waals surface area contributed by atoms with E-state index in [4.69, 9.17) is 0 Å². The van der Waals surface area contributed by atoms with Gasteiger partial charge in [0, 0.05) is 0 Å². The SMILES string of the molecule is CC(C)CC[C@@H](C)[C@H]1CC[C@H]2[C@@H]3CC[C@H]4CC(C)(C)CC[C@]4(C)[C@H]3CC[C@]12C. The van der Waals surface area contributed by atoms with Crippen molar-refractivity contribution in [2.24, 2.45) is 57.7 Å². The second-order valence-corrected chi connectivity index (χ2v) is 13.7. The first-order valence-corrected chi connectivity index (χ1v) is 13.1. The van der Waals surface area contributed by atoms with E-state index in [1.807, 2.05) is 0 Å². The van der Waals surface area contributed by atoms with Crippen LogP contribution in [0.5, 0.6) is 0 Å². The number of fused-ring (bicyclic) bond motifs is 5. The lowest BCUT2D eigenvalue weighted by Gasteiger charge is -2.62. The Morgan fingerprint density at radius 3 is 2.14 bits per heavy atom. The highest BCUT2D eigenvalue weighted by Gasteiger charge is 2.60. The summed E-state index contributed by atoms with van der Waals surface area (Å²) in [5.41, 5.74) is 1.93. The van der Waals surface area contributed by atoms with Crippen molar-refractivity contribution in [2.75, 3.05) is 0 Å². The average molecular weight is 387 g/mol. The fraction of sp³-hybridized carbons (Fsp3) is 1.00. The van der Waals surface area contributed by atoms with Crippen molar-refractivity contribution in [3.05, 3.63) is 0 Å². The smallest absolute Gasteiger partial charge is 0.0264 e. The molecule has 0 unspecified atom stereocenters. The molecule has 4 fully saturated rings. The molecule has 0 saturated heterocycles. The minimum atomic E-state index is 0.602. The van der Waals surface area contributed by atoms with E-state index >= 15 is 0 Å². The van der Waals surface area contributed by atoms with E-state index in [-0.39, 0.29) is 0 Å². The standard InChI is InChI=1S/C28H50/c1-19(2)8-9-20(3)23-12-13-24-22-11-10-21-18-26(4,5)16-17-27(21,6)25(22)14-15-28(23,24)7/h19-25H,8-18H2,1-7H3/t20-,21+,22+,23-,24+,25+,27+,28-/m1/s1. The van der Waals surface area contributed by atoms with E-state index in [9.17, 15) is 0 Å². The maximum Gasteiger partial charge on any atom is -0.0264 e. The van der Waals surface area contributed by atoms with E-state index < -0.39 is 0 Å². The summed E-state index contributed by atoms with van der Waals surface area (Å²) >= 11 is 0. The summed E-state index contributed by atoms with van der Waals surface area (Å²) in [4.78, 5) is 0. The molecule has 8 atom stereocenters. The topological polar surface area (TPSA) is 0 Å². The van der Waals surface area contributed by atoms with Gasteiger partial charge in [-0.25, -0.2) is 0 Å². The Kier molecular flexibility index (Phi) is 5.54. The maximum absolute atomic E-state index is 2.75. The van der Waals surface area contributed by atoms with Crippen LogP contribution in [0.1, 0.15) is 119 Å². The van der Waals surface area contributed by atoms with Crippen LogP contribution in [0.4, 0.5) is 0 Å². The van der Waals surface area contributed by atoms with Gasteiger partial charge in [-0.3, -0.25) is 0 Å². The summed E-state index contributed by atoms with van der Waals surface area (Å²) in [5.74, 6) is 6.99. The molecule has 0 amide bonds. The van der Waals surface area contributed by atoms with Gasteiger partial charge in [-0.05, 0) is 115 Å². The highest BCUT2D eigenvalue weighted by Crippen LogP contribution is 2.69. The second kappa shape index (κ2) is 7.30. The Hall–Kier alpha value is 0. The first-order valence-electron chi connectivity index (χ1n) is 13.1. The highest BCUT2D eigenvalue weighted by atomic mass is 14.7. The molecular formula is C28H50. The van der Waals surface area contributed by atoms with Crippen LogP contribution in [0.3, 0.4) is 0 Å². The van der Waals surface area contributed by atoms with Crippen LogP contribution in [-0.2, 0) is 0 Å². The Morgan fingerprint density at radius 1 is 0.714 bits per heavy atom. The highest BCUT2D eigenvalue weighted by molar-refractivity contribution is 5.10. The number of hydrogen-bond donors (Lipinski definition) is 0. The van der Waals surface area contributed by atoms with Crippen molar-refractivity contribution in [2.45, 2.75) is 119 Å². The Bertz CT molecular complexity index is 558. The van der Waals surface area contributed by atoms with E-state index in [0.29, 0.717) is 16.2 Å². The van der Waals surface area contributed by atoms with Gasteiger partial charge in [0.1, 0.15) is 0 Å². The summed E-state index contributed by atoms with van der Waals surface area (Å²) < 4.78 is 0. The van der Waals surface area contributed by atoms with Crippen molar-refractivity contribution in [1.29, 1.82) is 0 Å². The molecule has 4 aliphatic carbocycles. The summed E-state index contributed by atoms with van der Waals surface area (Å²) in [7, 11) is 0. The molecular weight excluding hydrogens is 336 g/mol. The molecule has 28 heavy (non-hydrogen) atoms. The minimum absolute atomic E-state index is 0.602. The van der Waals surface area contributed by atoms with Gasteiger partial charge in [-0.2, -0.15) is 0 Å². The Labute approximate surface area is 177 Å². The summed E-state index contributed by atoms with van der Waals surface area (Å²) in [5, 5.41) is 0. The van der Waals surface area contributed by atoms with Crippen molar-refractivity contribution >= 4 is 0 Å². The fourth-order valence-corrected chi connectivity index (χ4v) is 9.41. The normalized spacial score (nSPS) is 48.6. The summed E-state index contributed by atoms with van der Waals surface area (Å²) in [6, 6.07) is 0. The monoisotopic (exact) mass is 386 g/mol. The van der Waals surface area contributed by atoms with Crippen molar-refractivity contribution in [1.82, 2.24) is 0 Å². The molecule has 0 aliphatic heterocycles. The van der Waals surface area contributed by atoms with Gasteiger partial charge in [-0.1, -0.05) is 61.3 Å². The largest absolute Gasteiger partial charge is 0.0628 e. The molecule has 0 spiro atoms. The maximum atomic E-state index is 2.75. The summed E-state index contributed by atoms with van der Waals surface area (Å²) in [6.45, 7) is 18.0. The van der Waals surface area contributed by atoms with Crippen LogP contribution in [-0.4, -0.2) is 0 Å². The van der Waals surface area contributed by atoms with Crippen molar-refractivity contribution < 1.29 is 0 Å². The van der Waals surface area contributed by atoms with Crippen molar-refractivity contribution in [3.63, 3.8) is 0 Å². The van der Waals surface area contributed by atoms with Crippen LogP contribution in [0.15, 0.2) is 0 Å².